The van der Waals surface area contributed by atoms with Crippen LogP contribution in [-0.2, 0) is 9.59 Å². The first-order valence-electron chi connectivity index (χ1n) is 12.7. The van der Waals surface area contributed by atoms with Crippen LogP contribution in [0.3, 0.4) is 0 Å². The molecule has 1 amide bonds. The lowest BCUT2D eigenvalue weighted by Crippen LogP contribution is -2.41. The van der Waals surface area contributed by atoms with Crippen LogP contribution in [0.25, 0.3) is 11.1 Å². The Kier molecular flexibility index (Phi) is 6.48. The second kappa shape index (κ2) is 9.66. The number of ketones is 1. The number of nitrogens with one attached hydrogen (secondary N) is 1. The lowest BCUT2D eigenvalue weighted by Gasteiger charge is -2.30. The van der Waals surface area contributed by atoms with Gasteiger partial charge in [-0.3, -0.25) is 9.59 Å². The predicted molar refractivity (Wildman–Crippen MR) is 130 cm³/mol. The first-order chi connectivity index (χ1) is 16.1. The summed E-state index contributed by atoms with van der Waals surface area (Å²) in [6.45, 7) is 2.14. The molecule has 1 unspecified atom stereocenters. The number of imidazole rings is 1. The number of benzene rings is 1. The smallest absolute Gasteiger partial charge is 0.223 e. The molecule has 2 fully saturated rings. The maximum absolute atomic E-state index is 13.4. The molecular weight excluding hydrogens is 410 g/mol. The largest absolute Gasteiger partial charge is 0.353 e. The summed E-state index contributed by atoms with van der Waals surface area (Å²) in [7, 11) is 0. The predicted octanol–water partition coefficient (Wildman–Crippen LogP) is 5.58. The summed E-state index contributed by atoms with van der Waals surface area (Å²) in [5.41, 5.74) is 4.73. The molecule has 5 nitrogen and oxygen atoms in total. The summed E-state index contributed by atoms with van der Waals surface area (Å²) in [5, 5.41) is 3.29. The van der Waals surface area contributed by atoms with Gasteiger partial charge in [0.25, 0.3) is 0 Å². The van der Waals surface area contributed by atoms with Crippen LogP contribution in [0.5, 0.6) is 0 Å². The Hall–Kier alpha value is -2.69. The lowest BCUT2D eigenvalue weighted by molar-refractivity contribution is -0.130. The van der Waals surface area contributed by atoms with Gasteiger partial charge in [-0.05, 0) is 62.2 Å². The van der Waals surface area contributed by atoms with Crippen LogP contribution < -0.4 is 5.32 Å². The molecule has 1 N–H and O–H groups in total. The maximum Gasteiger partial charge on any atom is 0.223 e. The van der Waals surface area contributed by atoms with Crippen LogP contribution in [0.2, 0.25) is 0 Å². The van der Waals surface area contributed by atoms with Gasteiger partial charge in [0.1, 0.15) is 5.78 Å². The van der Waals surface area contributed by atoms with E-state index in [0.717, 1.165) is 44.2 Å². The Balaban J connectivity index is 1.21. The van der Waals surface area contributed by atoms with Gasteiger partial charge in [-0.25, -0.2) is 4.98 Å². The molecule has 0 saturated heterocycles. The molecule has 1 aliphatic heterocycles. The topological polar surface area (TPSA) is 64.0 Å². The molecule has 33 heavy (non-hydrogen) atoms. The van der Waals surface area contributed by atoms with Crippen LogP contribution in [0.1, 0.15) is 88.4 Å². The average molecular weight is 446 g/mol. The summed E-state index contributed by atoms with van der Waals surface area (Å²) < 4.78 is 2.17. The molecule has 5 rings (SSSR count). The zero-order valence-corrected chi connectivity index (χ0v) is 19.6. The molecular formula is C28H35N3O2. The second-order valence-electron chi connectivity index (χ2n) is 10.2. The fraction of sp³-hybridized carbons (Fsp3) is 0.536. The zero-order chi connectivity index (χ0) is 22.8. The van der Waals surface area contributed by atoms with Crippen molar-refractivity contribution in [3.05, 3.63) is 54.1 Å². The van der Waals surface area contributed by atoms with Crippen LogP contribution >= 0.6 is 0 Å². The monoisotopic (exact) mass is 445 g/mol. The number of amides is 1. The van der Waals surface area contributed by atoms with E-state index in [2.05, 4.69) is 46.1 Å². The SMILES string of the molecule is CC1=C(c2ccccc2)C(CC(=O)C2CCC(C(=O)NC3CCCCC3)CC2)n2cncc21. The molecule has 2 aliphatic carbocycles. The number of hydrogen-bond acceptors (Lipinski definition) is 3. The van der Waals surface area contributed by atoms with Crippen molar-refractivity contribution in [1.82, 2.24) is 14.9 Å². The van der Waals surface area contributed by atoms with Gasteiger partial charge in [0.2, 0.25) is 5.91 Å². The highest BCUT2D eigenvalue weighted by molar-refractivity contribution is 5.96. The van der Waals surface area contributed by atoms with Gasteiger partial charge in [0.15, 0.2) is 0 Å². The molecule has 174 valence electrons. The number of carbonyl (C=O) groups is 2. The van der Waals surface area contributed by atoms with Crippen molar-refractivity contribution in [2.45, 2.75) is 83.2 Å². The Morgan fingerprint density at radius 3 is 2.39 bits per heavy atom. The third-order valence-electron chi connectivity index (χ3n) is 8.11. The first kappa shape index (κ1) is 22.1. The van der Waals surface area contributed by atoms with Crippen molar-refractivity contribution in [2.75, 3.05) is 0 Å². The highest BCUT2D eigenvalue weighted by atomic mass is 16.2. The lowest BCUT2D eigenvalue weighted by atomic mass is 9.77. The van der Waals surface area contributed by atoms with Crippen LogP contribution in [0, 0.1) is 11.8 Å². The molecule has 5 heteroatoms. The normalized spacial score (nSPS) is 25.7. The van der Waals surface area contributed by atoms with Gasteiger partial charge >= 0.3 is 0 Å². The van der Waals surface area contributed by atoms with E-state index in [9.17, 15) is 9.59 Å². The van der Waals surface area contributed by atoms with E-state index in [0.29, 0.717) is 18.2 Å². The highest BCUT2D eigenvalue weighted by Gasteiger charge is 2.35. The van der Waals surface area contributed by atoms with E-state index >= 15 is 0 Å². The van der Waals surface area contributed by atoms with Crippen molar-refractivity contribution in [3.8, 4) is 0 Å². The minimum Gasteiger partial charge on any atom is -0.353 e. The average Bonchev–Trinajstić information content (AvgIpc) is 3.43. The molecule has 2 aromatic rings. The standard InChI is InChI=1S/C28H35N3O2/c1-19-25-17-29-18-31(25)24(27(19)21-8-4-2-5-9-21)16-26(32)20-12-14-22(15-13-20)28(33)30-23-10-6-3-7-11-23/h2,4-5,8-9,17-18,20,22-24H,3,6-7,10-16H2,1H3,(H,30,33). The zero-order valence-electron chi connectivity index (χ0n) is 19.6. The van der Waals surface area contributed by atoms with Crippen molar-refractivity contribution >= 4 is 22.8 Å². The van der Waals surface area contributed by atoms with Gasteiger partial charge in [0.05, 0.1) is 24.3 Å². The van der Waals surface area contributed by atoms with Crippen molar-refractivity contribution in [2.24, 2.45) is 11.8 Å². The van der Waals surface area contributed by atoms with E-state index < -0.39 is 0 Å². The van der Waals surface area contributed by atoms with E-state index in [1.807, 2.05) is 18.6 Å². The summed E-state index contributed by atoms with van der Waals surface area (Å²) in [5.74, 6) is 0.684. The molecule has 0 bridgehead atoms. The van der Waals surface area contributed by atoms with E-state index in [4.69, 9.17) is 0 Å². The number of rotatable bonds is 6. The molecule has 3 aliphatic rings. The Morgan fingerprint density at radius 1 is 0.970 bits per heavy atom. The third-order valence-corrected chi connectivity index (χ3v) is 8.11. The van der Waals surface area contributed by atoms with Gasteiger partial charge in [-0.2, -0.15) is 0 Å². The van der Waals surface area contributed by atoms with Gasteiger partial charge in [-0.15, -0.1) is 0 Å². The Bertz CT molecular complexity index is 1020. The number of nitrogens with zero attached hydrogens (tertiary/aromatic N) is 2. The summed E-state index contributed by atoms with van der Waals surface area (Å²) >= 11 is 0. The number of carbonyl (C=O) groups excluding carboxylic acids is 2. The minimum absolute atomic E-state index is 0.00437. The van der Waals surface area contributed by atoms with Crippen LogP contribution in [-0.4, -0.2) is 27.3 Å². The minimum atomic E-state index is 0.00437. The van der Waals surface area contributed by atoms with Gasteiger partial charge in [0, 0.05) is 24.3 Å². The number of hydrogen-bond donors (Lipinski definition) is 1. The molecule has 1 aromatic carbocycles. The van der Waals surface area contributed by atoms with Gasteiger partial charge < -0.3 is 9.88 Å². The highest BCUT2D eigenvalue weighted by Crippen LogP contribution is 2.44. The number of Topliss-reactive ketones (excluding diaryl/α,β-unsaturated/α-hetero) is 1. The van der Waals surface area contributed by atoms with E-state index in [1.165, 1.54) is 36.0 Å². The van der Waals surface area contributed by atoms with Crippen molar-refractivity contribution in [3.63, 3.8) is 0 Å². The van der Waals surface area contributed by atoms with Crippen molar-refractivity contribution < 1.29 is 9.59 Å². The maximum atomic E-state index is 13.4. The van der Waals surface area contributed by atoms with Gasteiger partial charge in [-0.1, -0.05) is 49.6 Å². The fourth-order valence-corrected chi connectivity index (χ4v) is 6.20. The van der Waals surface area contributed by atoms with E-state index in [-0.39, 0.29) is 23.8 Å². The molecule has 0 radical (unpaired) electrons. The van der Waals surface area contributed by atoms with E-state index in [1.54, 1.807) is 0 Å². The number of aromatic nitrogens is 2. The third kappa shape index (κ3) is 4.55. The Labute approximate surface area is 196 Å². The Morgan fingerprint density at radius 2 is 1.67 bits per heavy atom. The first-order valence-corrected chi connectivity index (χ1v) is 12.7. The second-order valence-corrected chi connectivity index (χ2v) is 10.2. The quantitative estimate of drug-likeness (QED) is 0.631. The van der Waals surface area contributed by atoms with Crippen molar-refractivity contribution in [1.29, 1.82) is 0 Å². The molecule has 2 saturated carbocycles. The molecule has 2 heterocycles. The summed E-state index contributed by atoms with van der Waals surface area (Å²) in [6, 6.07) is 10.8. The summed E-state index contributed by atoms with van der Waals surface area (Å²) in [6.07, 6.45) is 13.6. The fourth-order valence-electron chi connectivity index (χ4n) is 6.20. The van der Waals surface area contributed by atoms with Crippen LogP contribution in [0.4, 0.5) is 0 Å². The van der Waals surface area contributed by atoms with Crippen LogP contribution in [0.15, 0.2) is 42.9 Å². The summed E-state index contributed by atoms with van der Waals surface area (Å²) in [4.78, 5) is 30.5. The molecule has 1 aromatic heterocycles. The number of allylic oxidation sites excluding steroid dienone is 2. The molecule has 0 spiro atoms. The molecule has 1 atom stereocenters. The number of fused-ring (bicyclic) bond motifs is 1.